The standard InChI is InChI=1S/C74H64N2/c1-71(2)64-32-20-16-24-52(64)60-41-45(36-40-65(60)71)75(46-33-37-53-49-21-13-17-29-61(49)72(3,4)66(53)42-46)69-56-25-9-11-27-58(56)70(59-28-12-10-26-57(59)69)76(47-34-38-54-50-22-14-18-30-62(50)73(5,6)67(54)43-47)48-35-39-55-51-23-15-19-31-63(51)74(7,8)68(55)44-48/h9,11,13-38,40-44,55H,10,12,39H2,1-8H3. The zero-order chi connectivity index (χ0) is 51.6. The van der Waals surface area contributed by atoms with E-state index in [2.05, 4.69) is 265 Å². The summed E-state index contributed by atoms with van der Waals surface area (Å²) in [5.41, 5.74) is 27.5. The van der Waals surface area contributed by atoms with Crippen LogP contribution in [-0.4, -0.2) is 0 Å². The first-order valence-electron chi connectivity index (χ1n) is 27.8. The SMILES string of the molecule is CC1(C)C2=CC(N(c3ccc4c(c3)C(C)(C)c3ccccc3-4)c3c4c(c(N(c5ccc6c(c5)-c5ccccc5C6(C)C)c5ccc6c(c5)C(C)(C)c5ccccc5-6)c5ccccc35)=CCCC=4)=CCC2c2ccccc21. The average molecular weight is 981 g/mol. The van der Waals surface area contributed by atoms with Crippen molar-refractivity contribution >= 4 is 51.4 Å². The van der Waals surface area contributed by atoms with Crippen molar-refractivity contribution in [2.45, 2.75) is 102 Å². The second-order valence-corrected chi connectivity index (χ2v) is 24.7. The molecule has 76 heavy (non-hydrogen) atoms. The molecule has 370 valence electrons. The molecule has 0 saturated carbocycles. The van der Waals surface area contributed by atoms with Crippen LogP contribution in [0.25, 0.3) is 56.3 Å². The minimum atomic E-state index is -0.164. The highest BCUT2D eigenvalue weighted by Gasteiger charge is 2.44. The van der Waals surface area contributed by atoms with Gasteiger partial charge >= 0.3 is 0 Å². The van der Waals surface area contributed by atoms with Gasteiger partial charge in [-0.3, -0.25) is 0 Å². The Hall–Kier alpha value is -7.94. The minimum Gasteiger partial charge on any atom is -0.310 e. The van der Waals surface area contributed by atoms with E-state index in [-0.39, 0.29) is 21.7 Å². The molecule has 2 nitrogen and oxygen atoms in total. The highest BCUT2D eigenvalue weighted by Crippen LogP contribution is 2.57. The number of benzene rings is 9. The molecular formula is C74H64N2. The normalized spacial score (nSPS) is 18.5. The number of hydrogen-bond donors (Lipinski definition) is 0. The van der Waals surface area contributed by atoms with Crippen LogP contribution in [0.5, 0.6) is 0 Å². The quantitative estimate of drug-likeness (QED) is 0.153. The lowest BCUT2D eigenvalue weighted by molar-refractivity contribution is 0.609. The summed E-state index contributed by atoms with van der Waals surface area (Å²) < 4.78 is 0. The van der Waals surface area contributed by atoms with E-state index >= 15 is 0 Å². The van der Waals surface area contributed by atoms with Crippen LogP contribution in [0.2, 0.25) is 0 Å². The zero-order valence-corrected chi connectivity index (χ0v) is 45.1. The molecule has 0 aliphatic heterocycles. The van der Waals surface area contributed by atoms with Gasteiger partial charge in [0, 0.05) is 71.5 Å². The summed E-state index contributed by atoms with van der Waals surface area (Å²) in [7, 11) is 0. The molecule has 0 saturated heterocycles. The van der Waals surface area contributed by atoms with Gasteiger partial charge in [-0.15, -0.1) is 0 Å². The number of nitrogens with zero attached hydrogens (tertiary/aromatic N) is 2. The van der Waals surface area contributed by atoms with Crippen molar-refractivity contribution in [3.63, 3.8) is 0 Å². The minimum absolute atomic E-state index is 0.100. The van der Waals surface area contributed by atoms with Crippen molar-refractivity contribution in [2.75, 3.05) is 9.80 Å². The van der Waals surface area contributed by atoms with Gasteiger partial charge < -0.3 is 9.80 Å². The first-order chi connectivity index (χ1) is 36.7. The molecule has 6 aliphatic rings. The van der Waals surface area contributed by atoms with Crippen molar-refractivity contribution in [3.8, 4) is 33.4 Å². The molecule has 0 amide bonds. The van der Waals surface area contributed by atoms with Gasteiger partial charge in [-0.25, -0.2) is 0 Å². The van der Waals surface area contributed by atoms with Crippen LogP contribution in [0.3, 0.4) is 0 Å². The molecule has 0 aromatic heterocycles. The second-order valence-electron chi connectivity index (χ2n) is 24.7. The Kier molecular flexibility index (Phi) is 9.45. The Bertz CT molecular complexity index is 4230. The van der Waals surface area contributed by atoms with Gasteiger partial charge in [0.2, 0.25) is 0 Å². The van der Waals surface area contributed by atoms with Crippen molar-refractivity contribution in [1.82, 2.24) is 0 Å². The van der Waals surface area contributed by atoms with Crippen LogP contribution < -0.4 is 20.2 Å². The Labute approximate surface area is 448 Å². The molecule has 6 aliphatic carbocycles. The Balaban J connectivity index is 1.01. The topological polar surface area (TPSA) is 6.48 Å². The van der Waals surface area contributed by atoms with Crippen LogP contribution in [0.4, 0.5) is 28.4 Å². The number of fused-ring (bicyclic) bond motifs is 14. The first-order valence-corrected chi connectivity index (χ1v) is 27.8. The summed E-state index contributed by atoms with van der Waals surface area (Å²) in [6, 6.07) is 67.8. The van der Waals surface area contributed by atoms with E-state index in [1.807, 2.05) is 0 Å². The van der Waals surface area contributed by atoms with Gasteiger partial charge in [0.25, 0.3) is 0 Å². The fourth-order valence-electron chi connectivity index (χ4n) is 15.4. The largest absolute Gasteiger partial charge is 0.310 e. The maximum absolute atomic E-state index is 2.68. The van der Waals surface area contributed by atoms with Crippen LogP contribution in [-0.2, 0) is 21.7 Å². The van der Waals surface area contributed by atoms with Crippen molar-refractivity contribution in [2.24, 2.45) is 0 Å². The average Bonchev–Trinajstić information content (AvgIpc) is 4.01. The molecule has 0 fully saturated rings. The summed E-state index contributed by atoms with van der Waals surface area (Å²) in [5.74, 6) is 0.363. The van der Waals surface area contributed by atoms with Gasteiger partial charge in [-0.05, 0) is 140 Å². The lowest BCUT2D eigenvalue weighted by Crippen LogP contribution is -2.38. The van der Waals surface area contributed by atoms with E-state index < -0.39 is 0 Å². The van der Waals surface area contributed by atoms with E-state index in [9.17, 15) is 0 Å². The van der Waals surface area contributed by atoms with Crippen LogP contribution in [0.15, 0.2) is 199 Å². The van der Waals surface area contributed by atoms with Gasteiger partial charge in [0.15, 0.2) is 0 Å². The molecule has 0 bridgehead atoms. The molecule has 0 radical (unpaired) electrons. The van der Waals surface area contributed by atoms with Crippen LogP contribution >= 0.6 is 0 Å². The van der Waals surface area contributed by atoms with E-state index in [1.54, 1.807) is 0 Å². The van der Waals surface area contributed by atoms with Crippen molar-refractivity contribution in [3.05, 3.63) is 254 Å². The fourth-order valence-corrected chi connectivity index (χ4v) is 15.4. The molecule has 1 unspecified atom stereocenters. The van der Waals surface area contributed by atoms with Crippen LogP contribution in [0.1, 0.15) is 125 Å². The van der Waals surface area contributed by atoms with E-state index in [0.717, 1.165) is 19.3 Å². The fraction of sp³-hybridized carbons (Fsp3) is 0.216. The zero-order valence-electron chi connectivity index (χ0n) is 45.1. The molecule has 9 aromatic carbocycles. The molecule has 15 rings (SSSR count). The number of hydrogen-bond acceptors (Lipinski definition) is 2. The number of allylic oxidation sites excluding steroid dienone is 3. The maximum Gasteiger partial charge on any atom is 0.0616 e. The number of rotatable bonds is 6. The number of anilines is 5. The first kappa shape index (κ1) is 45.5. The Morgan fingerprint density at radius 3 is 1.36 bits per heavy atom. The lowest BCUT2D eigenvalue weighted by atomic mass is 9.78. The molecule has 1 atom stereocenters. The summed E-state index contributed by atoms with van der Waals surface area (Å²) in [5, 5.41) is 5.07. The lowest BCUT2D eigenvalue weighted by Gasteiger charge is -2.36. The summed E-state index contributed by atoms with van der Waals surface area (Å²) in [4.78, 5) is 5.31. The summed E-state index contributed by atoms with van der Waals surface area (Å²) in [6.07, 6.45) is 13.2. The smallest absolute Gasteiger partial charge is 0.0616 e. The third kappa shape index (κ3) is 6.10. The molecule has 0 spiro atoms. The highest BCUT2D eigenvalue weighted by atomic mass is 15.2. The van der Waals surface area contributed by atoms with Crippen molar-refractivity contribution < 1.29 is 0 Å². The third-order valence-electron chi connectivity index (χ3n) is 19.3. The predicted octanol–water partition coefficient (Wildman–Crippen LogP) is 18.0. The van der Waals surface area contributed by atoms with Gasteiger partial charge in [-0.2, -0.15) is 0 Å². The predicted molar refractivity (Wildman–Crippen MR) is 320 cm³/mol. The highest BCUT2D eigenvalue weighted by molar-refractivity contribution is 6.08. The van der Waals surface area contributed by atoms with Gasteiger partial charge in [-0.1, -0.05) is 219 Å². The summed E-state index contributed by atoms with van der Waals surface area (Å²) >= 11 is 0. The summed E-state index contributed by atoms with van der Waals surface area (Å²) in [6.45, 7) is 19.3. The van der Waals surface area contributed by atoms with Gasteiger partial charge in [0.1, 0.15) is 0 Å². The van der Waals surface area contributed by atoms with E-state index in [1.165, 1.54) is 139 Å². The molecule has 0 N–H and O–H groups in total. The molecule has 9 aromatic rings. The Morgan fingerprint density at radius 1 is 0.355 bits per heavy atom. The van der Waals surface area contributed by atoms with Crippen molar-refractivity contribution in [1.29, 1.82) is 0 Å². The molecular weight excluding hydrogens is 917 g/mol. The molecule has 0 heterocycles. The molecule has 2 heteroatoms. The maximum atomic E-state index is 2.68. The monoisotopic (exact) mass is 981 g/mol. The van der Waals surface area contributed by atoms with Gasteiger partial charge in [0.05, 0.1) is 11.4 Å². The third-order valence-corrected chi connectivity index (χ3v) is 19.3. The van der Waals surface area contributed by atoms with E-state index in [4.69, 9.17) is 0 Å². The second kappa shape index (κ2) is 15.8. The van der Waals surface area contributed by atoms with Crippen LogP contribution in [0, 0.1) is 0 Å². The van der Waals surface area contributed by atoms with E-state index in [0.29, 0.717) is 5.92 Å². The Morgan fingerprint density at radius 2 is 0.776 bits per heavy atom.